The molecule has 0 aromatic heterocycles. The van der Waals surface area contributed by atoms with Crippen LogP contribution in [0.25, 0.3) is 0 Å². The zero-order chi connectivity index (χ0) is 32.3. The molecule has 43 heavy (non-hydrogen) atoms. The van der Waals surface area contributed by atoms with E-state index < -0.39 is 23.8 Å². The van der Waals surface area contributed by atoms with Crippen molar-refractivity contribution in [2.24, 2.45) is 0 Å². The zero-order valence-corrected chi connectivity index (χ0v) is 28.7. The van der Waals surface area contributed by atoms with Gasteiger partial charge in [-0.25, -0.2) is 4.79 Å². The van der Waals surface area contributed by atoms with E-state index >= 15 is 0 Å². The third-order valence-electron chi connectivity index (χ3n) is 7.78. The molecule has 1 aromatic carbocycles. The third-order valence-corrected chi connectivity index (χ3v) is 7.78. The van der Waals surface area contributed by atoms with Gasteiger partial charge in [0.2, 0.25) is 0 Å². The molecule has 0 bridgehead atoms. The van der Waals surface area contributed by atoms with E-state index in [9.17, 15) is 9.90 Å². The lowest BCUT2D eigenvalue weighted by Gasteiger charge is -2.33. The molecule has 0 spiro atoms. The molecule has 0 amide bonds. The number of allylic oxidation sites excluding steroid dienone is 10. The summed E-state index contributed by atoms with van der Waals surface area (Å²) in [6.07, 6.45) is 18.6. The van der Waals surface area contributed by atoms with Crippen molar-refractivity contribution in [3.8, 4) is 0 Å². The van der Waals surface area contributed by atoms with E-state index in [1.54, 1.807) is 6.92 Å². The normalized spacial score (nSPS) is 15.3. The van der Waals surface area contributed by atoms with Crippen LogP contribution in [0.3, 0.4) is 0 Å². The van der Waals surface area contributed by atoms with Gasteiger partial charge in [-0.15, -0.1) is 0 Å². The fourth-order valence-corrected chi connectivity index (χ4v) is 4.98. The largest absolute Gasteiger partial charge is 0.457 e. The van der Waals surface area contributed by atoms with E-state index in [0.717, 1.165) is 56.9 Å². The molecular formula is C39H60O4. The lowest BCUT2D eigenvalue weighted by Crippen LogP contribution is -2.43. The van der Waals surface area contributed by atoms with Gasteiger partial charge in [0.15, 0.2) is 6.10 Å². The Hall–Kier alpha value is -2.69. The second-order valence-corrected chi connectivity index (χ2v) is 12.8. The molecule has 0 heterocycles. The van der Waals surface area contributed by atoms with Gasteiger partial charge in [0, 0.05) is 7.11 Å². The first-order valence-electron chi connectivity index (χ1n) is 16.1. The maximum absolute atomic E-state index is 13.3. The Morgan fingerprint density at radius 3 is 1.70 bits per heavy atom. The van der Waals surface area contributed by atoms with Crippen LogP contribution in [0.1, 0.15) is 131 Å². The Labute approximate surface area is 263 Å². The summed E-state index contributed by atoms with van der Waals surface area (Å²) < 4.78 is 11.6. The topological polar surface area (TPSA) is 55.8 Å². The zero-order valence-electron chi connectivity index (χ0n) is 28.7. The van der Waals surface area contributed by atoms with Crippen molar-refractivity contribution in [3.05, 3.63) is 94.1 Å². The van der Waals surface area contributed by atoms with Gasteiger partial charge in [0.25, 0.3) is 0 Å². The van der Waals surface area contributed by atoms with E-state index in [1.807, 2.05) is 30.3 Å². The Morgan fingerprint density at radius 2 is 1.21 bits per heavy atom. The van der Waals surface area contributed by atoms with Crippen molar-refractivity contribution in [1.82, 2.24) is 0 Å². The maximum atomic E-state index is 13.3. The summed E-state index contributed by atoms with van der Waals surface area (Å²) in [5, 5.41) is 11.6. The summed E-state index contributed by atoms with van der Waals surface area (Å²) in [6, 6.07) is 9.37. The number of carbonyl (C=O) groups excluding carboxylic acids is 1. The van der Waals surface area contributed by atoms with Crippen molar-refractivity contribution < 1.29 is 19.4 Å². The second kappa shape index (κ2) is 21.1. The van der Waals surface area contributed by atoms with Gasteiger partial charge < -0.3 is 14.6 Å². The molecule has 0 aliphatic heterocycles. The summed E-state index contributed by atoms with van der Waals surface area (Å²) >= 11 is 0. The number of carbonyl (C=O) groups is 1. The average Bonchev–Trinajstić information content (AvgIpc) is 2.93. The number of ether oxygens (including phenoxy) is 2. The first-order chi connectivity index (χ1) is 20.4. The van der Waals surface area contributed by atoms with Gasteiger partial charge in [-0.05, 0) is 125 Å². The van der Waals surface area contributed by atoms with Crippen LogP contribution in [-0.4, -0.2) is 29.9 Å². The SMILES string of the molecule is CO[C@H](C(=O)O[C@H](CC/C=C(\C)CC/C=C(\C)CCC=C(C)C)[C@@](C)(O)CC/C=C(\C)CCC=C(C)C)c1ccccc1. The van der Waals surface area contributed by atoms with E-state index in [4.69, 9.17) is 9.47 Å². The number of benzene rings is 1. The van der Waals surface area contributed by atoms with Gasteiger partial charge in [-0.3, -0.25) is 0 Å². The molecule has 1 aromatic rings. The predicted molar refractivity (Wildman–Crippen MR) is 183 cm³/mol. The number of aliphatic hydroxyl groups is 1. The molecule has 0 aliphatic carbocycles. The Bertz CT molecular complexity index is 1090. The summed E-state index contributed by atoms with van der Waals surface area (Å²) in [6.45, 7) is 16.8. The average molecular weight is 593 g/mol. The minimum Gasteiger partial charge on any atom is -0.457 e. The first-order valence-corrected chi connectivity index (χ1v) is 16.1. The molecule has 240 valence electrons. The standard InChI is InChI=1S/C39H60O4/c1-30(2)18-13-20-32(5)22-15-23-33(6)24-16-28-36(43-38(40)37(42-9)35-26-11-10-12-27-35)39(8,41)29-17-25-34(7)21-14-19-31(3)4/h10-12,18-19,22,24-27,36-37,41H,13-17,20-21,23,28-29H2,1-9H3/b32-22+,33-24+,34-25+/t36-,37+,39+/m1/s1. The van der Waals surface area contributed by atoms with Gasteiger partial charge in [-0.2, -0.15) is 0 Å². The molecule has 1 rings (SSSR count). The number of hydrogen-bond donors (Lipinski definition) is 1. The molecule has 0 saturated heterocycles. The van der Waals surface area contributed by atoms with Crippen LogP contribution < -0.4 is 0 Å². The quantitative estimate of drug-likeness (QED) is 0.121. The highest BCUT2D eigenvalue weighted by Crippen LogP contribution is 2.28. The number of hydrogen-bond acceptors (Lipinski definition) is 4. The molecule has 0 aliphatic rings. The fraction of sp³-hybridized carbons (Fsp3) is 0.564. The molecule has 0 saturated carbocycles. The summed E-state index contributed by atoms with van der Waals surface area (Å²) in [7, 11) is 1.51. The van der Waals surface area contributed by atoms with Crippen molar-refractivity contribution in [2.45, 2.75) is 137 Å². The molecule has 0 fully saturated rings. The first kappa shape index (κ1) is 38.3. The Balaban J connectivity index is 2.90. The highest BCUT2D eigenvalue weighted by atomic mass is 16.6. The smallest absolute Gasteiger partial charge is 0.340 e. The van der Waals surface area contributed by atoms with Crippen LogP contribution in [0.15, 0.2) is 88.6 Å². The van der Waals surface area contributed by atoms with E-state index in [0.29, 0.717) is 12.8 Å². The monoisotopic (exact) mass is 592 g/mol. The van der Waals surface area contributed by atoms with Crippen molar-refractivity contribution in [1.29, 1.82) is 0 Å². The van der Waals surface area contributed by atoms with E-state index in [1.165, 1.54) is 35.0 Å². The Morgan fingerprint density at radius 1 is 0.744 bits per heavy atom. The number of methoxy groups -OCH3 is 1. The Kier molecular flexibility index (Phi) is 18.8. The van der Waals surface area contributed by atoms with Crippen LogP contribution in [-0.2, 0) is 14.3 Å². The number of rotatable bonds is 20. The highest BCUT2D eigenvalue weighted by molar-refractivity contribution is 5.76. The summed E-state index contributed by atoms with van der Waals surface area (Å²) in [4.78, 5) is 13.3. The van der Waals surface area contributed by atoms with Crippen LogP contribution >= 0.6 is 0 Å². The predicted octanol–water partition coefficient (Wildman–Crippen LogP) is 10.7. The van der Waals surface area contributed by atoms with Gasteiger partial charge in [-0.1, -0.05) is 88.6 Å². The van der Waals surface area contributed by atoms with E-state index in [-0.39, 0.29) is 0 Å². The summed E-state index contributed by atoms with van der Waals surface area (Å²) in [5.74, 6) is -0.471. The molecule has 0 unspecified atom stereocenters. The lowest BCUT2D eigenvalue weighted by molar-refractivity contribution is -0.176. The van der Waals surface area contributed by atoms with Crippen LogP contribution in [0.4, 0.5) is 0 Å². The van der Waals surface area contributed by atoms with Crippen molar-refractivity contribution in [2.75, 3.05) is 7.11 Å². The molecule has 3 atom stereocenters. The summed E-state index contributed by atoms with van der Waals surface area (Å²) in [5.41, 5.74) is 6.32. The minimum atomic E-state index is -1.17. The lowest BCUT2D eigenvalue weighted by atomic mass is 9.89. The maximum Gasteiger partial charge on any atom is 0.340 e. The van der Waals surface area contributed by atoms with Gasteiger partial charge >= 0.3 is 5.97 Å². The second-order valence-electron chi connectivity index (χ2n) is 12.8. The van der Waals surface area contributed by atoms with Crippen molar-refractivity contribution in [3.63, 3.8) is 0 Å². The van der Waals surface area contributed by atoms with E-state index in [2.05, 4.69) is 78.8 Å². The van der Waals surface area contributed by atoms with Gasteiger partial charge in [0.05, 0.1) is 5.60 Å². The number of esters is 1. The molecule has 0 radical (unpaired) electrons. The van der Waals surface area contributed by atoms with Crippen LogP contribution in [0, 0.1) is 0 Å². The molecule has 1 N–H and O–H groups in total. The third kappa shape index (κ3) is 17.3. The molecule has 4 nitrogen and oxygen atoms in total. The highest BCUT2D eigenvalue weighted by Gasteiger charge is 2.36. The fourth-order valence-electron chi connectivity index (χ4n) is 4.98. The molecule has 4 heteroatoms. The van der Waals surface area contributed by atoms with Crippen LogP contribution in [0.5, 0.6) is 0 Å². The van der Waals surface area contributed by atoms with Crippen molar-refractivity contribution >= 4 is 5.97 Å². The molecular weight excluding hydrogens is 532 g/mol. The minimum absolute atomic E-state index is 0.471. The van der Waals surface area contributed by atoms with Crippen LogP contribution in [0.2, 0.25) is 0 Å². The van der Waals surface area contributed by atoms with Gasteiger partial charge in [0.1, 0.15) is 6.10 Å².